The normalized spacial score (nSPS) is 10.8. The zero-order valence-electron chi connectivity index (χ0n) is 15.1. The van der Waals surface area contributed by atoms with Gasteiger partial charge in [0.25, 0.3) is 0 Å². The van der Waals surface area contributed by atoms with Crippen LogP contribution in [0.5, 0.6) is 5.75 Å². The summed E-state index contributed by atoms with van der Waals surface area (Å²) in [7, 11) is 1.62. The van der Waals surface area contributed by atoms with E-state index in [9.17, 15) is 9.59 Å². The average Bonchev–Trinajstić information content (AvgIpc) is 3.00. The van der Waals surface area contributed by atoms with Gasteiger partial charge in [-0.15, -0.1) is 10.2 Å². The standard InChI is InChI=1S/C17H23N5O3S/c1-11(2)9-22-16(12-4-6-13(25-3)7-5-12)20-21-17(22)26-10-15(24)19-8-14(18)23/h4-7,11H,8-10H2,1-3H3,(H2,18,23)(H,19,24). The van der Waals surface area contributed by atoms with Crippen molar-refractivity contribution >= 4 is 23.6 Å². The summed E-state index contributed by atoms with van der Waals surface area (Å²) in [5, 5.41) is 11.6. The van der Waals surface area contributed by atoms with Gasteiger partial charge in [0.15, 0.2) is 11.0 Å². The molecule has 0 atom stereocenters. The van der Waals surface area contributed by atoms with Crippen molar-refractivity contribution in [3.63, 3.8) is 0 Å². The molecular weight excluding hydrogens is 354 g/mol. The highest BCUT2D eigenvalue weighted by atomic mass is 32.2. The zero-order valence-corrected chi connectivity index (χ0v) is 15.9. The third-order valence-electron chi connectivity index (χ3n) is 3.40. The Morgan fingerprint density at radius 2 is 1.96 bits per heavy atom. The van der Waals surface area contributed by atoms with Gasteiger partial charge < -0.3 is 20.4 Å². The van der Waals surface area contributed by atoms with Crippen LogP contribution in [0.3, 0.4) is 0 Å². The van der Waals surface area contributed by atoms with Gasteiger partial charge in [0.1, 0.15) is 5.75 Å². The molecule has 0 unspecified atom stereocenters. The summed E-state index contributed by atoms with van der Waals surface area (Å²) in [6, 6.07) is 7.59. The molecule has 0 aliphatic heterocycles. The lowest BCUT2D eigenvalue weighted by Crippen LogP contribution is -2.34. The fourth-order valence-electron chi connectivity index (χ4n) is 2.25. The molecule has 0 aliphatic carbocycles. The van der Waals surface area contributed by atoms with Crippen molar-refractivity contribution in [1.29, 1.82) is 0 Å². The van der Waals surface area contributed by atoms with Crippen molar-refractivity contribution in [2.24, 2.45) is 11.7 Å². The van der Waals surface area contributed by atoms with E-state index in [0.717, 1.165) is 23.7 Å². The molecular formula is C17H23N5O3S. The third-order valence-corrected chi connectivity index (χ3v) is 4.37. The Balaban J connectivity index is 2.17. The van der Waals surface area contributed by atoms with Crippen LogP contribution in [0.1, 0.15) is 13.8 Å². The van der Waals surface area contributed by atoms with E-state index < -0.39 is 5.91 Å². The number of aromatic nitrogens is 3. The number of nitrogens with one attached hydrogen (secondary N) is 1. The molecule has 0 aliphatic rings. The van der Waals surface area contributed by atoms with Crippen molar-refractivity contribution in [3.8, 4) is 17.1 Å². The van der Waals surface area contributed by atoms with Crippen molar-refractivity contribution in [1.82, 2.24) is 20.1 Å². The Bertz CT molecular complexity index is 758. The average molecular weight is 377 g/mol. The maximum Gasteiger partial charge on any atom is 0.236 e. The van der Waals surface area contributed by atoms with Crippen LogP contribution in [0.25, 0.3) is 11.4 Å². The SMILES string of the molecule is COc1ccc(-c2nnc(SCC(=O)NCC(N)=O)n2CC(C)C)cc1. The van der Waals surface area contributed by atoms with Crippen LogP contribution < -0.4 is 15.8 Å². The molecule has 0 saturated carbocycles. The van der Waals surface area contributed by atoms with Gasteiger partial charge in [-0.05, 0) is 30.2 Å². The van der Waals surface area contributed by atoms with Crippen LogP contribution >= 0.6 is 11.8 Å². The number of ether oxygens (including phenoxy) is 1. The van der Waals surface area contributed by atoms with Gasteiger partial charge in [0.2, 0.25) is 11.8 Å². The largest absolute Gasteiger partial charge is 0.497 e. The van der Waals surface area contributed by atoms with Gasteiger partial charge in [-0.2, -0.15) is 0 Å². The van der Waals surface area contributed by atoms with Crippen LogP contribution in [-0.4, -0.2) is 46.0 Å². The number of amides is 2. The van der Waals surface area contributed by atoms with Gasteiger partial charge in [-0.25, -0.2) is 0 Å². The molecule has 9 heteroatoms. The van der Waals surface area contributed by atoms with Crippen LogP contribution in [0.2, 0.25) is 0 Å². The number of methoxy groups -OCH3 is 1. The summed E-state index contributed by atoms with van der Waals surface area (Å²) < 4.78 is 7.18. The molecule has 0 spiro atoms. The fraction of sp³-hybridized carbons (Fsp3) is 0.412. The van der Waals surface area contributed by atoms with Crippen LogP contribution in [0.15, 0.2) is 29.4 Å². The van der Waals surface area contributed by atoms with E-state index in [1.807, 2.05) is 28.8 Å². The summed E-state index contributed by atoms with van der Waals surface area (Å²) in [4.78, 5) is 22.5. The number of hydrogen-bond acceptors (Lipinski definition) is 6. The topological polar surface area (TPSA) is 112 Å². The Labute approximate surface area is 156 Å². The van der Waals surface area contributed by atoms with E-state index in [0.29, 0.717) is 11.1 Å². The maximum absolute atomic E-state index is 11.8. The van der Waals surface area contributed by atoms with E-state index >= 15 is 0 Å². The molecule has 0 bridgehead atoms. The highest BCUT2D eigenvalue weighted by Crippen LogP contribution is 2.26. The number of rotatable bonds is 9. The summed E-state index contributed by atoms with van der Waals surface area (Å²) in [5.74, 6) is 1.16. The van der Waals surface area contributed by atoms with Crippen LogP contribution in [0.4, 0.5) is 0 Å². The molecule has 1 heterocycles. The minimum absolute atomic E-state index is 0.131. The quantitative estimate of drug-likeness (QED) is 0.637. The van der Waals surface area contributed by atoms with E-state index in [1.54, 1.807) is 7.11 Å². The lowest BCUT2D eigenvalue weighted by Gasteiger charge is -2.12. The van der Waals surface area contributed by atoms with Gasteiger partial charge in [-0.1, -0.05) is 25.6 Å². The van der Waals surface area contributed by atoms with E-state index in [2.05, 4.69) is 29.4 Å². The van der Waals surface area contributed by atoms with E-state index in [4.69, 9.17) is 10.5 Å². The lowest BCUT2D eigenvalue weighted by molar-refractivity contribution is -0.123. The Morgan fingerprint density at radius 3 is 2.54 bits per heavy atom. The van der Waals surface area contributed by atoms with Gasteiger partial charge in [0.05, 0.1) is 19.4 Å². The molecule has 1 aromatic heterocycles. The first-order valence-electron chi connectivity index (χ1n) is 8.16. The number of thioether (sulfide) groups is 1. The molecule has 0 radical (unpaired) electrons. The minimum atomic E-state index is -0.576. The number of hydrogen-bond donors (Lipinski definition) is 2. The Kier molecular flexibility index (Phi) is 7.02. The zero-order chi connectivity index (χ0) is 19.1. The second kappa shape index (κ2) is 9.23. The van der Waals surface area contributed by atoms with Gasteiger partial charge >= 0.3 is 0 Å². The molecule has 26 heavy (non-hydrogen) atoms. The van der Waals surface area contributed by atoms with Crippen molar-refractivity contribution in [2.45, 2.75) is 25.5 Å². The summed E-state index contributed by atoms with van der Waals surface area (Å²) >= 11 is 1.27. The number of carbonyl (C=O) groups excluding carboxylic acids is 2. The van der Waals surface area contributed by atoms with Gasteiger partial charge in [0, 0.05) is 12.1 Å². The van der Waals surface area contributed by atoms with Crippen molar-refractivity contribution in [3.05, 3.63) is 24.3 Å². The molecule has 140 valence electrons. The van der Waals surface area contributed by atoms with Gasteiger partial charge in [-0.3, -0.25) is 9.59 Å². The monoisotopic (exact) mass is 377 g/mol. The summed E-state index contributed by atoms with van der Waals surface area (Å²) in [6.45, 7) is 4.76. The van der Waals surface area contributed by atoms with E-state index in [1.165, 1.54) is 11.8 Å². The second-order valence-corrected chi connectivity index (χ2v) is 7.01. The lowest BCUT2D eigenvalue weighted by atomic mass is 10.2. The highest BCUT2D eigenvalue weighted by Gasteiger charge is 2.16. The van der Waals surface area contributed by atoms with Crippen LogP contribution in [-0.2, 0) is 16.1 Å². The summed E-state index contributed by atoms with van der Waals surface area (Å²) in [5.41, 5.74) is 5.94. The highest BCUT2D eigenvalue weighted by molar-refractivity contribution is 7.99. The smallest absolute Gasteiger partial charge is 0.236 e. The second-order valence-electron chi connectivity index (χ2n) is 6.07. The Morgan fingerprint density at radius 1 is 1.27 bits per heavy atom. The van der Waals surface area contributed by atoms with Crippen LogP contribution in [0, 0.1) is 5.92 Å². The molecule has 2 rings (SSSR count). The molecule has 2 amide bonds. The van der Waals surface area contributed by atoms with Crippen molar-refractivity contribution < 1.29 is 14.3 Å². The number of nitrogens with two attached hydrogens (primary N) is 1. The molecule has 0 saturated heterocycles. The van der Waals surface area contributed by atoms with Crippen molar-refractivity contribution in [2.75, 3.05) is 19.4 Å². The number of benzene rings is 1. The molecule has 2 aromatic rings. The first-order chi connectivity index (χ1) is 12.4. The summed E-state index contributed by atoms with van der Waals surface area (Å²) in [6.07, 6.45) is 0. The number of nitrogens with zero attached hydrogens (tertiary/aromatic N) is 3. The third kappa shape index (κ3) is 5.48. The minimum Gasteiger partial charge on any atom is -0.497 e. The predicted molar refractivity (Wildman–Crippen MR) is 99.8 cm³/mol. The fourth-order valence-corrected chi connectivity index (χ4v) is 3.02. The maximum atomic E-state index is 11.8. The molecule has 1 aromatic carbocycles. The first kappa shape index (κ1) is 19.8. The van der Waals surface area contributed by atoms with E-state index in [-0.39, 0.29) is 18.2 Å². The number of primary amides is 1. The predicted octanol–water partition coefficient (Wildman–Crippen LogP) is 1.30. The molecule has 8 nitrogen and oxygen atoms in total. The molecule has 3 N–H and O–H groups in total. The molecule has 0 fully saturated rings. The first-order valence-corrected chi connectivity index (χ1v) is 9.14. The number of carbonyl (C=O) groups is 2. The Hall–Kier alpha value is -2.55.